The van der Waals surface area contributed by atoms with Gasteiger partial charge in [-0.25, -0.2) is 0 Å². The second kappa shape index (κ2) is 6.02. The van der Waals surface area contributed by atoms with Crippen molar-refractivity contribution in [2.24, 2.45) is 0 Å². The Balaban J connectivity index is 2.60. The zero-order chi connectivity index (χ0) is 11.1. The molecule has 0 aliphatic carbocycles. The molecule has 1 aromatic rings. The molecule has 0 aliphatic heterocycles. The van der Waals surface area contributed by atoms with Crippen molar-refractivity contribution in [3.8, 4) is 5.75 Å². The maximum absolute atomic E-state index is 10.7. The number of rotatable bonds is 4. The zero-order valence-electron chi connectivity index (χ0n) is 9.19. The number of hydrogen-bond acceptors (Lipinski definition) is 2. The number of hydrogen-bond donors (Lipinski definition) is 0. The van der Waals surface area contributed by atoms with Crippen molar-refractivity contribution in [2.75, 3.05) is 0 Å². The van der Waals surface area contributed by atoms with Gasteiger partial charge in [-0.2, -0.15) is 0 Å². The average Bonchev–Trinajstić information content (AvgIpc) is 2.20. The summed E-state index contributed by atoms with van der Waals surface area (Å²) in [7, 11) is 0. The van der Waals surface area contributed by atoms with Crippen molar-refractivity contribution in [1.29, 1.82) is 0 Å². The van der Waals surface area contributed by atoms with E-state index in [0.717, 1.165) is 18.4 Å². The molecule has 0 heterocycles. The van der Waals surface area contributed by atoms with Crippen LogP contribution in [0.15, 0.2) is 30.3 Å². The minimum atomic E-state index is -0.288. The molecule has 80 valence electrons. The van der Waals surface area contributed by atoms with Gasteiger partial charge in [0.25, 0.3) is 0 Å². The van der Waals surface area contributed by atoms with Gasteiger partial charge in [0.2, 0.25) is 0 Å². The molecular weight excluding hydrogens is 188 g/mol. The van der Waals surface area contributed by atoms with E-state index >= 15 is 0 Å². The zero-order valence-corrected chi connectivity index (χ0v) is 9.19. The summed E-state index contributed by atoms with van der Waals surface area (Å²) >= 11 is 0. The number of carbonyl (C=O) groups excluding carboxylic acids is 1. The number of benzene rings is 1. The largest absolute Gasteiger partial charge is 0.427 e. The lowest BCUT2D eigenvalue weighted by Crippen LogP contribution is -2.00. The summed E-state index contributed by atoms with van der Waals surface area (Å²) in [6.45, 7) is 3.54. The topological polar surface area (TPSA) is 26.3 Å². The number of carbonyl (C=O) groups is 1. The molecule has 0 spiro atoms. The van der Waals surface area contributed by atoms with Crippen molar-refractivity contribution in [1.82, 2.24) is 0 Å². The number of esters is 1. The summed E-state index contributed by atoms with van der Waals surface area (Å²) in [5.41, 5.74) is 1.12. The highest BCUT2D eigenvalue weighted by Crippen LogP contribution is 2.13. The Bertz CT molecular complexity index is 336. The molecule has 0 N–H and O–H groups in total. The lowest BCUT2D eigenvalue weighted by atomic mass is 10.2. The van der Waals surface area contributed by atoms with Crippen molar-refractivity contribution < 1.29 is 9.53 Å². The predicted octanol–water partition coefficient (Wildman–Crippen LogP) is 3.43. The van der Waals surface area contributed by atoms with Gasteiger partial charge in [-0.1, -0.05) is 37.6 Å². The van der Waals surface area contributed by atoms with Crippen LogP contribution in [0, 0.1) is 0 Å². The van der Waals surface area contributed by atoms with Gasteiger partial charge >= 0.3 is 5.97 Å². The number of unbranched alkanes of at least 4 members (excludes halogenated alkanes) is 1. The second-order valence-electron chi connectivity index (χ2n) is 3.35. The highest BCUT2D eigenvalue weighted by atomic mass is 16.5. The molecule has 0 radical (unpaired) electrons. The first kappa shape index (κ1) is 11.5. The third kappa shape index (κ3) is 4.45. The van der Waals surface area contributed by atoms with Crippen molar-refractivity contribution in [3.63, 3.8) is 0 Å². The summed E-state index contributed by atoms with van der Waals surface area (Å²) < 4.78 is 4.93. The van der Waals surface area contributed by atoms with E-state index in [1.807, 2.05) is 12.1 Å². The van der Waals surface area contributed by atoms with Crippen LogP contribution in [0.3, 0.4) is 0 Å². The minimum absolute atomic E-state index is 0.288. The molecule has 1 aromatic carbocycles. The summed E-state index contributed by atoms with van der Waals surface area (Å²) in [6, 6.07) is 7.47. The number of allylic oxidation sites excluding steroid dienone is 1. The summed E-state index contributed by atoms with van der Waals surface area (Å²) in [5.74, 6) is 0.305. The van der Waals surface area contributed by atoms with Gasteiger partial charge in [0.15, 0.2) is 0 Å². The molecule has 15 heavy (non-hydrogen) atoms. The Morgan fingerprint density at radius 2 is 2.00 bits per heavy atom. The van der Waals surface area contributed by atoms with Gasteiger partial charge in [0, 0.05) is 6.92 Å². The van der Waals surface area contributed by atoms with E-state index in [0.29, 0.717) is 5.75 Å². The van der Waals surface area contributed by atoms with Gasteiger partial charge < -0.3 is 4.74 Å². The quantitative estimate of drug-likeness (QED) is 0.555. The van der Waals surface area contributed by atoms with E-state index in [1.165, 1.54) is 6.92 Å². The molecule has 2 nitrogen and oxygen atoms in total. The fourth-order valence-corrected chi connectivity index (χ4v) is 1.20. The molecule has 0 saturated carbocycles. The predicted molar refractivity (Wildman–Crippen MR) is 61.7 cm³/mol. The molecule has 0 bridgehead atoms. The maximum Gasteiger partial charge on any atom is 0.308 e. The Hall–Kier alpha value is -1.57. The molecule has 0 atom stereocenters. The smallest absolute Gasteiger partial charge is 0.308 e. The van der Waals surface area contributed by atoms with Crippen LogP contribution in [-0.2, 0) is 4.79 Å². The van der Waals surface area contributed by atoms with Crippen LogP contribution in [0.4, 0.5) is 0 Å². The van der Waals surface area contributed by atoms with E-state index in [4.69, 9.17) is 4.74 Å². The first-order valence-electron chi connectivity index (χ1n) is 5.17. The van der Waals surface area contributed by atoms with Gasteiger partial charge in [-0.05, 0) is 24.1 Å². The van der Waals surface area contributed by atoms with Crippen LogP contribution in [0.25, 0.3) is 6.08 Å². The first-order chi connectivity index (χ1) is 7.22. The molecule has 0 aliphatic rings. The highest BCUT2D eigenvalue weighted by molar-refractivity contribution is 5.69. The summed E-state index contributed by atoms with van der Waals surface area (Å²) in [5, 5.41) is 0. The monoisotopic (exact) mass is 204 g/mol. The Kier molecular flexibility index (Phi) is 4.61. The van der Waals surface area contributed by atoms with E-state index in [-0.39, 0.29) is 5.97 Å². The average molecular weight is 204 g/mol. The van der Waals surface area contributed by atoms with Crippen LogP contribution < -0.4 is 4.74 Å². The summed E-state index contributed by atoms with van der Waals surface area (Å²) in [4.78, 5) is 10.7. The summed E-state index contributed by atoms with van der Waals surface area (Å²) in [6.07, 6.45) is 6.45. The molecule has 0 saturated heterocycles. The van der Waals surface area contributed by atoms with E-state index in [9.17, 15) is 4.79 Å². The first-order valence-corrected chi connectivity index (χ1v) is 5.17. The highest BCUT2D eigenvalue weighted by Gasteiger charge is 1.96. The van der Waals surface area contributed by atoms with Crippen molar-refractivity contribution >= 4 is 12.0 Å². The molecule has 0 unspecified atom stereocenters. The van der Waals surface area contributed by atoms with Crippen molar-refractivity contribution in [3.05, 3.63) is 35.9 Å². The number of ether oxygens (including phenoxy) is 1. The van der Waals surface area contributed by atoms with Crippen LogP contribution >= 0.6 is 0 Å². The van der Waals surface area contributed by atoms with Crippen molar-refractivity contribution in [2.45, 2.75) is 26.7 Å². The Labute approximate surface area is 90.6 Å². The van der Waals surface area contributed by atoms with Crippen LogP contribution in [0.2, 0.25) is 0 Å². The lowest BCUT2D eigenvalue weighted by molar-refractivity contribution is -0.131. The fraction of sp³-hybridized carbons (Fsp3) is 0.308. The maximum atomic E-state index is 10.7. The van der Waals surface area contributed by atoms with E-state index < -0.39 is 0 Å². The van der Waals surface area contributed by atoms with Gasteiger partial charge in [-0.15, -0.1) is 0 Å². The Morgan fingerprint density at radius 3 is 2.53 bits per heavy atom. The SMILES string of the molecule is CCC/C=C/c1ccc(OC(C)=O)cc1. The standard InChI is InChI=1S/C13H16O2/c1-3-4-5-6-12-7-9-13(10-8-12)15-11(2)14/h5-10H,3-4H2,1-2H3/b6-5+. The van der Waals surface area contributed by atoms with Crippen LogP contribution in [-0.4, -0.2) is 5.97 Å². The molecule has 0 aromatic heterocycles. The van der Waals surface area contributed by atoms with Crippen LogP contribution in [0.1, 0.15) is 32.3 Å². The van der Waals surface area contributed by atoms with E-state index in [1.54, 1.807) is 12.1 Å². The fourth-order valence-electron chi connectivity index (χ4n) is 1.20. The normalized spacial score (nSPS) is 10.5. The minimum Gasteiger partial charge on any atom is -0.427 e. The molecule has 1 rings (SSSR count). The third-order valence-corrected chi connectivity index (χ3v) is 1.91. The molecular formula is C13H16O2. The van der Waals surface area contributed by atoms with Gasteiger partial charge in [0.05, 0.1) is 0 Å². The van der Waals surface area contributed by atoms with Gasteiger partial charge in [-0.3, -0.25) is 4.79 Å². The second-order valence-corrected chi connectivity index (χ2v) is 3.35. The van der Waals surface area contributed by atoms with Gasteiger partial charge in [0.1, 0.15) is 5.75 Å². The van der Waals surface area contributed by atoms with E-state index in [2.05, 4.69) is 19.1 Å². The molecule has 0 fully saturated rings. The molecule has 0 amide bonds. The Morgan fingerprint density at radius 1 is 1.33 bits per heavy atom. The third-order valence-electron chi connectivity index (χ3n) is 1.91. The molecule has 2 heteroatoms. The lowest BCUT2D eigenvalue weighted by Gasteiger charge is -2.00. The van der Waals surface area contributed by atoms with Crippen LogP contribution in [0.5, 0.6) is 5.75 Å².